The van der Waals surface area contributed by atoms with Crippen molar-refractivity contribution in [3.8, 4) is 0 Å². The van der Waals surface area contributed by atoms with Crippen molar-refractivity contribution in [2.24, 2.45) is 0 Å². The van der Waals surface area contributed by atoms with Gasteiger partial charge in [-0.3, -0.25) is 9.59 Å². The van der Waals surface area contributed by atoms with E-state index in [1.807, 2.05) is 83.1 Å². The van der Waals surface area contributed by atoms with Gasteiger partial charge < -0.3 is 20.9 Å². The third-order valence-corrected chi connectivity index (χ3v) is 7.65. The minimum atomic E-state index is -0.894. The molecule has 210 valence electrons. The predicted molar refractivity (Wildman–Crippen MR) is 161 cm³/mol. The molecule has 0 radical (unpaired) electrons. The van der Waals surface area contributed by atoms with E-state index >= 15 is 0 Å². The summed E-state index contributed by atoms with van der Waals surface area (Å²) in [7, 11) is 0. The molecule has 7 nitrogen and oxygen atoms in total. The van der Waals surface area contributed by atoms with Crippen molar-refractivity contribution >= 4 is 40.8 Å². The zero-order chi connectivity index (χ0) is 29.0. The maximum atomic E-state index is 14.1. The first-order valence-electron chi connectivity index (χ1n) is 13.6. The number of fused-ring (bicyclic) bond motifs is 1. The maximum absolute atomic E-state index is 14.1. The lowest BCUT2D eigenvalue weighted by Gasteiger charge is -2.29. The van der Waals surface area contributed by atoms with Crippen LogP contribution in [-0.2, 0) is 9.59 Å². The highest BCUT2D eigenvalue weighted by Gasteiger charge is 2.38. The standard InChI is InChI=1S/C32H37ClN4O3/c1-6-32(4,5)36-29(38)19-37-28-17-23(33)14-15-25(28)26(22-12-10-20(2)11-13-22)18-27(30(37)39)35-31(40)34-24-9-7-8-21(3)16-24/h7-17,26-27H,6,18-19H2,1-5H3,(H,36,38)(H2,34,35,40). The molecule has 0 aliphatic carbocycles. The Labute approximate surface area is 241 Å². The molecule has 2 atom stereocenters. The quantitative estimate of drug-likeness (QED) is 0.316. The highest BCUT2D eigenvalue weighted by Crippen LogP contribution is 2.40. The lowest BCUT2D eigenvalue weighted by atomic mass is 9.85. The second-order valence-electron chi connectivity index (χ2n) is 11.1. The average molecular weight is 561 g/mol. The van der Waals surface area contributed by atoms with E-state index in [4.69, 9.17) is 11.6 Å². The number of halogens is 1. The van der Waals surface area contributed by atoms with E-state index in [1.54, 1.807) is 18.2 Å². The second-order valence-corrected chi connectivity index (χ2v) is 11.6. The Hall–Kier alpha value is -3.84. The molecule has 8 heteroatoms. The molecule has 4 rings (SSSR count). The van der Waals surface area contributed by atoms with Crippen LogP contribution in [0.15, 0.2) is 66.7 Å². The zero-order valence-electron chi connectivity index (χ0n) is 23.7. The second kappa shape index (κ2) is 12.1. The van der Waals surface area contributed by atoms with E-state index in [1.165, 1.54) is 4.90 Å². The molecule has 0 bridgehead atoms. The molecule has 3 N–H and O–H groups in total. The van der Waals surface area contributed by atoms with Crippen molar-refractivity contribution in [1.82, 2.24) is 10.6 Å². The van der Waals surface area contributed by atoms with E-state index in [9.17, 15) is 14.4 Å². The van der Waals surface area contributed by atoms with Crippen molar-refractivity contribution in [2.75, 3.05) is 16.8 Å². The molecule has 0 saturated heterocycles. The summed E-state index contributed by atoms with van der Waals surface area (Å²) < 4.78 is 0. The number of urea groups is 1. The first-order chi connectivity index (χ1) is 19.0. The lowest BCUT2D eigenvalue weighted by Crippen LogP contribution is -2.53. The molecular formula is C32H37ClN4O3. The van der Waals surface area contributed by atoms with Crippen LogP contribution >= 0.6 is 11.6 Å². The minimum Gasteiger partial charge on any atom is -0.350 e. The smallest absolute Gasteiger partial charge is 0.319 e. The SMILES string of the molecule is CCC(C)(C)NC(=O)CN1C(=O)C(NC(=O)Nc2cccc(C)c2)CC(c2ccc(C)cc2)c2ccc(Cl)cc21. The number of carbonyl (C=O) groups excluding carboxylic acids is 3. The summed E-state index contributed by atoms with van der Waals surface area (Å²) in [5.41, 5.74) is 4.76. The summed E-state index contributed by atoms with van der Waals surface area (Å²) >= 11 is 6.43. The summed E-state index contributed by atoms with van der Waals surface area (Å²) in [6.07, 6.45) is 1.05. The molecule has 0 aromatic heterocycles. The van der Waals surface area contributed by atoms with Crippen molar-refractivity contribution in [3.05, 3.63) is 94.0 Å². The van der Waals surface area contributed by atoms with Gasteiger partial charge in [-0.25, -0.2) is 4.79 Å². The predicted octanol–water partition coefficient (Wildman–Crippen LogP) is 6.32. The number of amides is 4. The van der Waals surface area contributed by atoms with Gasteiger partial charge in [-0.15, -0.1) is 0 Å². The van der Waals surface area contributed by atoms with Gasteiger partial charge in [0.2, 0.25) is 11.8 Å². The highest BCUT2D eigenvalue weighted by atomic mass is 35.5. The molecule has 4 amide bonds. The van der Waals surface area contributed by atoms with Crippen LogP contribution in [0, 0.1) is 13.8 Å². The topological polar surface area (TPSA) is 90.5 Å². The summed E-state index contributed by atoms with van der Waals surface area (Å²) in [6, 6.07) is 19.6. The fraction of sp³-hybridized carbons (Fsp3) is 0.344. The van der Waals surface area contributed by atoms with Crippen LogP contribution in [0.4, 0.5) is 16.2 Å². The number of aryl methyl sites for hydroxylation is 2. The highest BCUT2D eigenvalue weighted by molar-refractivity contribution is 6.31. The largest absolute Gasteiger partial charge is 0.350 e. The van der Waals surface area contributed by atoms with Crippen LogP contribution in [0.25, 0.3) is 0 Å². The van der Waals surface area contributed by atoms with Gasteiger partial charge in [0.15, 0.2) is 0 Å². The normalized spacial score (nSPS) is 17.1. The Morgan fingerprint density at radius 3 is 2.40 bits per heavy atom. The minimum absolute atomic E-state index is 0.200. The van der Waals surface area contributed by atoms with Crippen LogP contribution in [0.1, 0.15) is 61.8 Å². The zero-order valence-corrected chi connectivity index (χ0v) is 24.4. The first kappa shape index (κ1) is 29.2. The van der Waals surface area contributed by atoms with Gasteiger partial charge in [-0.2, -0.15) is 0 Å². The molecule has 0 fully saturated rings. The van der Waals surface area contributed by atoms with Gasteiger partial charge in [0.1, 0.15) is 12.6 Å². The summed E-state index contributed by atoms with van der Waals surface area (Å²) in [4.78, 5) is 41.9. The molecule has 3 aromatic carbocycles. The third kappa shape index (κ3) is 7.02. The number of anilines is 2. The van der Waals surface area contributed by atoms with Gasteiger partial charge in [0, 0.05) is 27.9 Å². The van der Waals surface area contributed by atoms with Gasteiger partial charge in [0.05, 0.1) is 0 Å². The van der Waals surface area contributed by atoms with Crippen LogP contribution in [0.2, 0.25) is 5.02 Å². The van der Waals surface area contributed by atoms with E-state index in [2.05, 4.69) is 16.0 Å². The Morgan fingerprint density at radius 2 is 1.73 bits per heavy atom. The number of nitrogens with one attached hydrogen (secondary N) is 3. The molecule has 0 spiro atoms. The van der Waals surface area contributed by atoms with Gasteiger partial charge in [-0.1, -0.05) is 66.6 Å². The Bertz CT molecular complexity index is 1400. The Balaban J connectivity index is 1.73. The fourth-order valence-electron chi connectivity index (χ4n) is 4.91. The fourth-order valence-corrected chi connectivity index (χ4v) is 5.08. The van der Waals surface area contributed by atoms with Gasteiger partial charge in [-0.05, 0) is 81.5 Å². The summed E-state index contributed by atoms with van der Waals surface area (Å²) in [6.45, 7) is 9.63. The molecule has 3 aromatic rings. The van der Waals surface area contributed by atoms with Crippen molar-refractivity contribution in [1.29, 1.82) is 0 Å². The van der Waals surface area contributed by atoms with E-state index in [-0.39, 0.29) is 24.3 Å². The summed E-state index contributed by atoms with van der Waals surface area (Å²) in [5, 5.41) is 9.20. The third-order valence-electron chi connectivity index (χ3n) is 7.42. The van der Waals surface area contributed by atoms with Crippen molar-refractivity contribution in [2.45, 2.75) is 65.0 Å². The van der Waals surface area contributed by atoms with Gasteiger partial charge >= 0.3 is 6.03 Å². The molecule has 0 saturated carbocycles. The van der Waals surface area contributed by atoms with Gasteiger partial charge in [0.25, 0.3) is 0 Å². The Kier molecular flexibility index (Phi) is 8.84. The number of hydrogen-bond donors (Lipinski definition) is 3. The molecule has 40 heavy (non-hydrogen) atoms. The molecular weight excluding hydrogens is 524 g/mol. The number of hydrogen-bond acceptors (Lipinski definition) is 3. The van der Waals surface area contributed by atoms with Crippen LogP contribution < -0.4 is 20.9 Å². The first-order valence-corrected chi connectivity index (χ1v) is 14.0. The van der Waals surface area contributed by atoms with E-state index < -0.39 is 17.6 Å². The molecule has 1 aliphatic heterocycles. The molecule has 2 unspecified atom stereocenters. The number of carbonyl (C=O) groups is 3. The van der Waals surface area contributed by atoms with E-state index in [0.717, 1.165) is 28.7 Å². The molecule has 1 heterocycles. The van der Waals surface area contributed by atoms with E-state index in [0.29, 0.717) is 22.8 Å². The lowest BCUT2D eigenvalue weighted by molar-refractivity contribution is -0.125. The monoisotopic (exact) mass is 560 g/mol. The molecule has 1 aliphatic rings. The van der Waals surface area contributed by atoms with Crippen LogP contribution in [-0.4, -0.2) is 36.0 Å². The maximum Gasteiger partial charge on any atom is 0.319 e. The number of benzene rings is 3. The van der Waals surface area contributed by atoms with Crippen molar-refractivity contribution in [3.63, 3.8) is 0 Å². The Morgan fingerprint density at radius 1 is 1.00 bits per heavy atom. The summed E-state index contributed by atoms with van der Waals surface area (Å²) in [5.74, 6) is -0.883. The average Bonchev–Trinajstić information content (AvgIpc) is 2.99. The van der Waals surface area contributed by atoms with Crippen molar-refractivity contribution < 1.29 is 14.4 Å². The van der Waals surface area contributed by atoms with Crippen LogP contribution in [0.3, 0.4) is 0 Å². The number of rotatable bonds is 7. The number of nitrogens with zero attached hydrogens (tertiary/aromatic N) is 1. The van der Waals surface area contributed by atoms with Crippen LogP contribution in [0.5, 0.6) is 0 Å².